The fourth-order valence-electron chi connectivity index (χ4n) is 1.23. The van der Waals surface area contributed by atoms with Gasteiger partial charge in [-0.2, -0.15) is 0 Å². The molecular formula is C9H15O2P. The van der Waals surface area contributed by atoms with E-state index in [0.29, 0.717) is 5.31 Å². The van der Waals surface area contributed by atoms with E-state index in [0.717, 1.165) is 11.7 Å². The number of hydrogen-bond acceptors (Lipinski definition) is 2. The first-order chi connectivity index (χ1) is 5.47. The van der Waals surface area contributed by atoms with Gasteiger partial charge in [-0.25, -0.2) is 0 Å². The summed E-state index contributed by atoms with van der Waals surface area (Å²) in [6.07, 6.45) is 2.89. The van der Waals surface area contributed by atoms with Crippen LogP contribution in [-0.2, 0) is 9.09 Å². The number of hydrogen-bond donors (Lipinski definition) is 0. The van der Waals surface area contributed by atoms with Crippen LogP contribution in [0.25, 0.3) is 0 Å². The molecule has 1 heterocycles. The fourth-order valence-corrected chi connectivity index (χ4v) is 3.11. The maximum Gasteiger partial charge on any atom is 0.252 e. The van der Waals surface area contributed by atoms with Crippen LogP contribution < -0.4 is 0 Å². The topological polar surface area (TPSA) is 26.3 Å². The van der Waals surface area contributed by atoms with Crippen LogP contribution in [-0.4, -0.2) is 6.10 Å². The first kappa shape index (κ1) is 9.76. The van der Waals surface area contributed by atoms with Gasteiger partial charge in [0.15, 0.2) is 0 Å². The lowest BCUT2D eigenvalue weighted by Gasteiger charge is -2.27. The van der Waals surface area contributed by atoms with Crippen molar-refractivity contribution in [2.24, 2.45) is 0 Å². The summed E-state index contributed by atoms with van der Waals surface area (Å²) in [4.78, 5) is 0. The Morgan fingerprint density at radius 2 is 2.42 bits per heavy atom. The minimum absolute atomic E-state index is 0.0521. The standard InChI is InChI=1S/C9H15O2P/c1-7(2)12(10)9(4)6-5-8(3)11-12/h6,8H,1,5H2,2-4H3/t8-,12+/m0/s1. The van der Waals surface area contributed by atoms with E-state index in [9.17, 15) is 4.57 Å². The zero-order chi connectivity index (χ0) is 9.35. The highest BCUT2D eigenvalue weighted by molar-refractivity contribution is 7.67. The number of allylic oxidation sites excluding steroid dienone is 2. The Hall–Kier alpha value is -0.330. The van der Waals surface area contributed by atoms with E-state index in [2.05, 4.69) is 6.58 Å². The van der Waals surface area contributed by atoms with E-state index in [4.69, 9.17) is 4.52 Å². The minimum Gasteiger partial charge on any atom is -0.319 e. The Morgan fingerprint density at radius 3 is 2.83 bits per heavy atom. The van der Waals surface area contributed by atoms with Gasteiger partial charge >= 0.3 is 0 Å². The summed E-state index contributed by atoms with van der Waals surface area (Å²) in [6, 6.07) is 0. The van der Waals surface area contributed by atoms with Gasteiger partial charge in [-0.05, 0) is 27.2 Å². The first-order valence-corrected chi connectivity index (χ1v) is 5.71. The molecule has 3 heteroatoms. The molecule has 1 rings (SSSR count). The Labute approximate surface area is 73.8 Å². The number of rotatable bonds is 1. The third-order valence-electron chi connectivity index (χ3n) is 2.04. The molecule has 0 unspecified atom stereocenters. The smallest absolute Gasteiger partial charge is 0.252 e. The van der Waals surface area contributed by atoms with Crippen molar-refractivity contribution in [3.05, 3.63) is 23.3 Å². The lowest BCUT2D eigenvalue weighted by Crippen LogP contribution is -2.10. The van der Waals surface area contributed by atoms with Gasteiger partial charge in [0, 0.05) is 10.6 Å². The lowest BCUT2D eigenvalue weighted by atomic mass is 10.3. The van der Waals surface area contributed by atoms with Crippen LogP contribution in [0.15, 0.2) is 23.3 Å². The van der Waals surface area contributed by atoms with Crippen LogP contribution in [0.5, 0.6) is 0 Å². The normalized spacial score (nSPS) is 35.9. The predicted octanol–water partition coefficient (Wildman–Crippen LogP) is 3.51. The van der Waals surface area contributed by atoms with Crippen LogP contribution in [0.2, 0.25) is 0 Å². The third-order valence-corrected chi connectivity index (χ3v) is 4.81. The highest BCUT2D eigenvalue weighted by Crippen LogP contribution is 2.63. The first-order valence-electron chi connectivity index (χ1n) is 4.08. The van der Waals surface area contributed by atoms with Crippen molar-refractivity contribution < 1.29 is 9.09 Å². The van der Waals surface area contributed by atoms with E-state index in [-0.39, 0.29) is 6.10 Å². The molecule has 1 aliphatic heterocycles. The molecule has 0 aromatic rings. The van der Waals surface area contributed by atoms with E-state index in [1.165, 1.54) is 0 Å². The molecule has 0 spiro atoms. The molecule has 12 heavy (non-hydrogen) atoms. The Bertz CT molecular complexity index is 278. The minimum atomic E-state index is -2.67. The van der Waals surface area contributed by atoms with Gasteiger partial charge in [0.25, 0.3) is 7.37 Å². The zero-order valence-corrected chi connectivity index (χ0v) is 8.73. The summed E-state index contributed by atoms with van der Waals surface area (Å²) in [5, 5.41) is 1.48. The molecule has 0 bridgehead atoms. The molecule has 0 aliphatic carbocycles. The monoisotopic (exact) mass is 186 g/mol. The van der Waals surface area contributed by atoms with Gasteiger partial charge in [-0.3, -0.25) is 4.57 Å². The molecule has 0 aromatic heterocycles. The van der Waals surface area contributed by atoms with E-state index < -0.39 is 7.37 Å². The second kappa shape index (κ2) is 3.20. The highest BCUT2D eigenvalue weighted by atomic mass is 31.2. The van der Waals surface area contributed by atoms with Crippen LogP contribution in [0.3, 0.4) is 0 Å². The Kier molecular flexibility index (Phi) is 2.60. The summed E-state index contributed by atoms with van der Waals surface area (Å²) >= 11 is 0. The van der Waals surface area contributed by atoms with E-state index >= 15 is 0 Å². The van der Waals surface area contributed by atoms with Gasteiger partial charge in [0.05, 0.1) is 6.10 Å². The predicted molar refractivity (Wildman–Crippen MR) is 51.3 cm³/mol. The van der Waals surface area contributed by atoms with Crippen molar-refractivity contribution in [2.45, 2.75) is 33.3 Å². The van der Waals surface area contributed by atoms with Crippen molar-refractivity contribution in [1.82, 2.24) is 0 Å². The van der Waals surface area contributed by atoms with Crippen LogP contribution >= 0.6 is 7.37 Å². The van der Waals surface area contributed by atoms with Gasteiger partial charge in [-0.1, -0.05) is 12.7 Å². The average molecular weight is 186 g/mol. The molecule has 0 saturated heterocycles. The largest absolute Gasteiger partial charge is 0.319 e. The molecule has 0 radical (unpaired) electrons. The van der Waals surface area contributed by atoms with Gasteiger partial charge in [-0.15, -0.1) is 0 Å². The van der Waals surface area contributed by atoms with Crippen molar-refractivity contribution in [2.75, 3.05) is 0 Å². The third kappa shape index (κ3) is 1.55. The van der Waals surface area contributed by atoms with Crippen molar-refractivity contribution in [3.63, 3.8) is 0 Å². The quantitative estimate of drug-likeness (QED) is 0.586. The maximum absolute atomic E-state index is 12.1. The second-order valence-electron chi connectivity index (χ2n) is 3.28. The molecule has 0 aromatic carbocycles. The molecule has 0 saturated carbocycles. The summed E-state index contributed by atoms with van der Waals surface area (Å²) in [6.45, 7) is 9.24. The second-order valence-corrected chi connectivity index (χ2v) is 6.07. The zero-order valence-electron chi connectivity index (χ0n) is 7.83. The van der Waals surface area contributed by atoms with Crippen molar-refractivity contribution >= 4 is 7.37 Å². The molecule has 1 aliphatic rings. The Balaban J connectivity index is 3.04. The van der Waals surface area contributed by atoms with E-state index in [1.807, 2.05) is 19.9 Å². The van der Waals surface area contributed by atoms with Crippen LogP contribution in [0.4, 0.5) is 0 Å². The van der Waals surface area contributed by atoms with Gasteiger partial charge in [0.1, 0.15) is 0 Å². The molecule has 0 N–H and O–H groups in total. The Morgan fingerprint density at radius 1 is 1.83 bits per heavy atom. The average Bonchev–Trinajstić information content (AvgIpc) is 1.97. The molecule has 2 atom stereocenters. The van der Waals surface area contributed by atoms with Crippen molar-refractivity contribution in [3.8, 4) is 0 Å². The van der Waals surface area contributed by atoms with Crippen LogP contribution in [0.1, 0.15) is 27.2 Å². The summed E-state index contributed by atoms with van der Waals surface area (Å²) < 4.78 is 17.5. The highest BCUT2D eigenvalue weighted by Gasteiger charge is 2.31. The molecule has 0 fully saturated rings. The van der Waals surface area contributed by atoms with Gasteiger partial charge in [0.2, 0.25) is 0 Å². The lowest BCUT2D eigenvalue weighted by molar-refractivity contribution is 0.227. The summed E-state index contributed by atoms with van der Waals surface area (Å²) in [7, 11) is -2.67. The van der Waals surface area contributed by atoms with Crippen LogP contribution in [0, 0.1) is 0 Å². The maximum atomic E-state index is 12.1. The molecule has 68 valence electrons. The summed E-state index contributed by atoms with van der Waals surface area (Å²) in [5.74, 6) is 0. The fraction of sp³-hybridized carbons (Fsp3) is 0.556. The molecular weight excluding hydrogens is 171 g/mol. The van der Waals surface area contributed by atoms with Gasteiger partial charge < -0.3 is 4.52 Å². The SMILES string of the molecule is C=C(C)[P@@]1(=O)O[C@@H](C)CC=C1C. The molecule has 2 nitrogen and oxygen atoms in total. The van der Waals surface area contributed by atoms with E-state index in [1.54, 1.807) is 6.92 Å². The molecule has 0 amide bonds. The van der Waals surface area contributed by atoms with Crippen molar-refractivity contribution in [1.29, 1.82) is 0 Å². The summed E-state index contributed by atoms with van der Waals surface area (Å²) in [5.41, 5.74) is 0.